The largest absolute Gasteiger partial charge is 0.494 e. The lowest BCUT2D eigenvalue weighted by atomic mass is 10.1. The average molecular weight is 338 g/mol. The molecule has 6 nitrogen and oxygen atoms in total. The van der Waals surface area contributed by atoms with Gasteiger partial charge in [0, 0.05) is 24.7 Å². The molecule has 1 aromatic carbocycles. The fourth-order valence-corrected chi connectivity index (χ4v) is 3.48. The minimum absolute atomic E-state index is 0.0341. The Bertz CT molecular complexity index is 592. The molecular weight excluding hydrogens is 315 g/mol. The molecule has 2 fully saturated rings. The molecule has 0 aromatic heterocycles. The van der Waals surface area contributed by atoms with E-state index in [0.29, 0.717) is 19.6 Å². The van der Waals surface area contributed by atoms with Gasteiger partial charge in [-0.15, -0.1) is 0 Å². The van der Waals surface area contributed by atoms with Gasteiger partial charge in [-0.05, 0) is 31.0 Å². The summed E-state index contributed by atoms with van der Waals surface area (Å²) in [5.41, 5.74) is 0.218. The van der Waals surface area contributed by atoms with E-state index < -0.39 is 11.9 Å². The molecule has 0 bridgehead atoms. The first-order chi connectivity index (χ1) is 11.6. The molecule has 0 unspecified atom stereocenters. The molecule has 3 atom stereocenters. The van der Waals surface area contributed by atoms with Crippen molar-refractivity contribution in [3.63, 3.8) is 0 Å². The van der Waals surface area contributed by atoms with Crippen molar-refractivity contribution in [1.29, 1.82) is 0 Å². The monoisotopic (exact) mass is 338 g/mol. The Morgan fingerprint density at radius 3 is 2.79 bits per heavy atom. The van der Waals surface area contributed by atoms with Crippen LogP contribution in [0.2, 0.25) is 0 Å². The highest BCUT2D eigenvalue weighted by Crippen LogP contribution is 2.26. The van der Waals surface area contributed by atoms with Gasteiger partial charge >= 0.3 is 0 Å². The second-order valence-electron chi connectivity index (χ2n) is 6.21. The van der Waals surface area contributed by atoms with Gasteiger partial charge in [-0.2, -0.15) is 0 Å². The van der Waals surface area contributed by atoms with E-state index in [2.05, 4.69) is 10.2 Å². The number of morpholine rings is 1. The molecule has 2 N–H and O–H groups in total. The van der Waals surface area contributed by atoms with Crippen LogP contribution in [0.4, 0.5) is 4.39 Å². The van der Waals surface area contributed by atoms with Crippen LogP contribution < -0.4 is 10.1 Å². The summed E-state index contributed by atoms with van der Waals surface area (Å²) < 4.78 is 23.9. The number of aliphatic hydroxyl groups excluding tert-OH is 1. The Hall–Kier alpha value is -1.70. The molecule has 3 rings (SSSR count). The molecule has 0 spiro atoms. The van der Waals surface area contributed by atoms with Crippen LogP contribution in [0.25, 0.3) is 0 Å². The third-order valence-electron chi connectivity index (χ3n) is 4.83. The fraction of sp³-hybridized carbons (Fsp3) is 0.588. The Morgan fingerprint density at radius 1 is 1.38 bits per heavy atom. The van der Waals surface area contributed by atoms with E-state index in [9.17, 15) is 14.3 Å². The molecule has 2 aliphatic rings. The molecule has 1 aliphatic heterocycles. The molecule has 1 amide bonds. The first-order valence-corrected chi connectivity index (χ1v) is 8.24. The predicted octanol–water partition coefficient (Wildman–Crippen LogP) is 0.788. The predicted molar refractivity (Wildman–Crippen MR) is 85.6 cm³/mol. The first-order valence-electron chi connectivity index (χ1n) is 8.24. The maximum Gasteiger partial charge on any atom is 0.251 e. The number of rotatable bonds is 4. The summed E-state index contributed by atoms with van der Waals surface area (Å²) in [6.45, 7) is 2.94. The van der Waals surface area contributed by atoms with Gasteiger partial charge in [-0.3, -0.25) is 9.69 Å². The maximum atomic E-state index is 13.7. The second-order valence-corrected chi connectivity index (χ2v) is 6.21. The van der Waals surface area contributed by atoms with Crippen LogP contribution in [0.3, 0.4) is 0 Å². The zero-order valence-electron chi connectivity index (χ0n) is 13.7. The van der Waals surface area contributed by atoms with Gasteiger partial charge in [0.05, 0.1) is 32.5 Å². The summed E-state index contributed by atoms with van der Waals surface area (Å²) in [5.74, 6) is -0.869. The molecule has 1 saturated heterocycles. The number of nitrogens with zero attached hydrogens (tertiary/aromatic N) is 1. The number of methoxy groups -OCH3 is 1. The average Bonchev–Trinajstić information content (AvgIpc) is 2.96. The number of halogens is 1. The number of benzene rings is 1. The summed E-state index contributed by atoms with van der Waals surface area (Å²) in [5, 5.41) is 13.4. The normalized spacial score (nSPS) is 27.9. The van der Waals surface area contributed by atoms with E-state index in [1.54, 1.807) is 0 Å². The number of amides is 1. The number of ether oxygens (including phenoxy) is 2. The molecule has 1 aliphatic carbocycles. The molecular formula is C17H23FN2O4. The Morgan fingerprint density at radius 2 is 2.12 bits per heavy atom. The van der Waals surface area contributed by atoms with Crippen LogP contribution >= 0.6 is 0 Å². The van der Waals surface area contributed by atoms with E-state index in [-0.39, 0.29) is 29.3 Å². The van der Waals surface area contributed by atoms with Crippen LogP contribution in [0, 0.1) is 5.82 Å². The minimum Gasteiger partial charge on any atom is -0.494 e. The number of nitrogens with one attached hydrogen (secondary N) is 1. The van der Waals surface area contributed by atoms with Crippen molar-refractivity contribution in [3.8, 4) is 5.75 Å². The highest BCUT2D eigenvalue weighted by Gasteiger charge is 2.39. The van der Waals surface area contributed by atoms with Crippen molar-refractivity contribution in [2.24, 2.45) is 0 Å². The van der Waals surface area contributed by atoms with Crippen LogP contribution in [0.5, 0.6) is 5.75 Å². The number of carbonyl (C=O) groups excluding carboxylic acids is 1. The van der Waals surface area contributed by atoms with Crippen LogP contribution in [-0.4, -0.2) is 67.5 Å². The zero-order chi connectivity index (χ0) is 17.1. The van der Waals surface area contributed by atoms with Crippen LogP contribution in [0.1, 0.15) is 23.2 Å². The third kappa shape index (κ3) is 3.53. The first kappa shape index (κ1) is 17.1. The zero-order valence-corrected chi connectivity index (χ0v) is 13.7. The Balaban J connectivity index is 1.61. The summed E-state index contributed by atoms with van der Waals surface area (Å²) in [6.07, 6.45) is 0.895. The van der Waals surface area contributed by atoms with E-state index >= 15 is 0 Å². The number of hydrogen-bond acceptors (Lipinski definition) is 5. The quantitative estimate of drug-likeness (QED) is 0.849. The van der Waals surface area contributed by atoms with E-state index in [1.807, 2.05) is 0 Å². The van der Waals surface area contributed by atoms with Crippen molar-refractivity contribution in [2.75, 3.05) is 33.4 Å². The van der Waals surface area contributed by atoms with Crippen molar-refractivity contribution >= 4 is 5.91 Å². The Kier molecular flexibility index (Phi) is 5.33. The second kappa shape index (κ2) is 7.46. The lowest BCUT2D eigenvalue weighted by molar-refractivity contribution is -0.0154. The summed E-state index contributed by atoms with van der Waals surface area (Å²) >= 11 is 0. The van der Waals surface area contributed by atoms with Gasteiger partial charge in [0.1, 0.15) is 0 Å². The van der Waals surface area contributed by atoms with Gasteiger partial charge in [-0.25, -0.2) is 4.39 Å². The molecule has 1 aromatic rings. The standard InChI is InChI=1S/C17H23FN2O4/c1-23-15-5-2-11(10-12(15)18)17(22)19-13-3-4-14(16(13)21)20-6-8-24-9-7-20/h2,5,10,13-14,16,21H,3-4,6-9H2,1H3,(H,19,22)/t13-,14-,16-/m1/s1. The van der Waals surface area contributed by atoms with Crippen molar-refractivity contribution in [1.82, 2.24) is 10.2 Å². The fourth-order valence-electron chi connectivity index (χ4n) is 3.48. The molecule has 1 saturated carbocycles. The molecule has 24 heavy (non-hydrogen) atoms. The molecule has 0 radical (unpaired) electrons. The highest BCUT2D eigenvalue weighted by atomic mass is 19.1. The van der Waals surface area contributed by atoms with Gasteiger partial charge < -0.3 is 19.9 Å². The number of aliphatic hydroxyl groups is 1. The van der Waals surface area contributed by atoms with Crippen molar-refractivity contribution in [3.05, 3.63) is 29.6 Å². The van der Waals surface area contributed by atoms with Crippen molar-refractivity contribution < 1.29 is 23.8 Å². The van der Waals surface area contributed by atoms with E-state index in [1.165, 1.54) is 19.2 Å². The SMILES string of the molecule is COc1ccc(C(=O)N[C@@H]2CC[C@@H](N3CCOCC3)[C@@H]2O)cc1F. The number of carbonyl (C=O) groups is 1. The Labute approximate surface area is 140 Å². The lowest BCUT2D eigenvalue weighted by Crippen LogP contribution is -2.51. The van der Waals surface area contributed by atoms with Crippen LogP contribution in [-0.2, 0) is 4.74 Å². The third-order valence-corrected chi connectivity index (χ3v) is 4.83. The van der Waals surface area contributed by atoms with Gasteiger partial charge in [0.2, 0.25) is 0 Å². The van der Waals surface area contributed by atoms with Gasteiger partial charge in [0.25, 0.3) is 5.91 Å². The van der Waals surface area contributed by atoms with Crippen LogP contribution in [0.15, 0.2) is 18.2 Å². The smallest absolute Gasteiger partial charge is 0.251 e. The minimum atomic E-state index is -0.629. The summed E-state index contributed by atoms with van der Waals surface area (Å²) in [4.78, 5) is 14.5. The lowest BCUT2D eigenvalue weighted by Gasteiger charge is -2.34. The highest BCUT2D eigenvalue weighted by molar-refractivity contribution is 5.94. The summed E-state index contributed by atoms with van der Waals surface area (Å²) in [6, 6.07) is 3.79. The molecule has 1 heterocycles. The number of hydrogen-bond donors (Lipinski definition) is 2. The van der Waals surface area contributed by atoms with Gasteiger partial charge in [0.15, 0.2) is 11.6 Å². The van der Waals surface area contributed by atoms with E-state index in [0.717, 1.165) is 25.6 Å². The summed E-state index contributed by atoms with van der Waals surface area (Å²) in [7, 11) is 1.37. The van der Waals surface area contributed by atoms with E-state index in [4.69, 9.17) is 9.47 Å². The molecule has 132 valence electrons. The van der Waals surface area contributed by atoms with Gasteiger partial charge in [-0.1, -0.05) is 0 Å². The van der Waals surface area contributed by atoms with Crippen molar-refractivity contribution in [2.45, 2.75) is 31.0 Å². The molecule has 7 heteroatoms. The maximum absolute atomic E-state index is 13.7. The topological polar surface area (TPSA) is 71.0 Å².